The van der Waals surface area contributed by atoms with Gasteiger partial charge in [0.15, 0.2) is 0 Å². The fourth-order valence-electron chi connectivity index (χ4n) is 5.26. The third-order valence-electron chi connectivity index (χ3n) is 6.46. The molecule has 2 nitrogen and oxygen atoms in total. The van der Waals surface area contributed by atoms with Crippen LogP contribution in [-0.4, -0.2) is 6.04 Å². The number of rotatable bonds is 3. The van der Waals surface area contributed by atoms with Crippen LogP contribution < -0.4 is 11.3 Å². The van der Waals surface area contributed by atoms with Crippen LogP contribution >= 0.6 is 0 Å². The van der Waals surface area contributed by atoms with E-state index in [0.29, 0.717) is 6.04 Å². The molecule has 3 aliphatic rings. The van der Waals surface area contributed by atoms with Gasteiger partial charge in [-0.1, -0.05) is 50.2 Å². The van der Waals surface area contributed by atoms with E-state index in [0.717, 1.165) is 17.8 Å². The van der Waals surface area contributed by atoms with Crippen molar-refractivity contribution in [1.82, 2.24) is 5.43 Å². The second-order valence-electron chi connectivity index (χ2n) is 7.75. The SMILES string of the molecule is NNC(C1=CCCCCCC1)C1CCC2CCCCC2C1. The fourth-order valence-corrected chi connectivity index (χ4v) is 5.26. The number of fused-ring (bicyclic) bond motifs is 1. The molecule has 120 valence electrons. The molecule has 0 aromatic carbocycles. The van der Waals surface area contributed by atoms with E-state index >= 15 is 0 Å². The average molecular weight is 290 g/mol. The van der Waals surface area contributed by atoms with Gasteiger partial charge >= 0.3 is 0 Å². The number of hydrogen-bond donors (Lipinski definition) is 2. The van der Waals surface area contributed by atoms with E-state index in [4.69, 9.17) is 5.84 Å². The van der Waals surface area contributed by atoms with Gasteiger partial charge in [0, 0.05) is 6.04 Å². The smallest absolute Gasteiger partial charge is 0.0448 e. The summed E-state index contributed by atoms with van der Waals surface area (Å²) in [4.78, 5) is 0. The molecule has 2 saturated carbocycles. The normalized spacial score (nSPS) is 36.0. The molecule has 0 aromatic heterocycles. The standard InChI is InChI=1S/C19H34N2/c20-21-19(16-9-4-2-1-3-5-10-16)18-13-12-15-8-6-7-11-17(15)14-18/h9,15,17-19,21H,1-8,10-14,20H2. The van der Waals surface area contributed by atoms with Crippen LogP contribution in [0.1, 0.15) is 83.5 Å². The lowest BCUT2D eigenvalue weighted by Gasteiger charge is -2.42. The molecule has 2 heteroatoms. The number of hydrogen-bond acceptors (Lipinski definition) is 2. The Morgan fingerprint density at radius 1 is 0.905 bits per heavy atom. The van der Waals surface area contributed by atoms with E-state index in [9.17, 15) is 0 Å². The molecule has 0 spiro atoms. The molecule has 2 fully saturated rings. The first kappa shape index (κ1) is 15.6. The highest BCUT2D eigenvalue weighted by atomic mass is 15.2. The minimum atomic E-state index is 0.464. The van der Waals surface area contributed by atoms with Crippen molar-refractivity contribution in [2.75, 3.05) is 0 Å². The van der Waals surface area contributed by atoms with Gasteiger partial charge in [0.1, 0.15) is 0 Å². The Labute approximate surface area is 130 Å². The topological polar surface area (TPSA) is 38.0 Å². The van der Waals surface area contributed by atoms with Gasteiger partial charge in [-0.25, -0.2) is 0 Å². The summed E-state index contributed by atoms with van der Waals surface area (Å²) in [6.45, 7) is 0. The number of nitrogens with two attached hydrogens (primary N) is 1. The summed E-state index contributed by atoms with van der Waals surface area (Å²) in [6, 6.07) is 0.464. The Morgan fingerprint density at radius 2 is 1.71 bits per heavy atom. The van der Waals surface area contributed by atoms with Crippen molar-refractivity contribution in [3.8, 4) is 0 Å². The van der Waals surface area contributed by atoms with Crippen LogP contribution in [0.3, 0.4) is 0 Å². The quantitative estimate of drug-likeness (QED) is 0.449. The summed E-state index contributed by atoms with van der Waals surface area (Å²) in [6.07, 6.45) is 20.8. The predicted molar refractivity (Wildman–Crippen MR) is 89.7 cm³/mol. The van der Waals surface area contributed by atoms with Crippen molar-refractivity contribution >= 4 is 0 Å². The van der Waals surface area contributed by atoms with Gasteiger partial charge in [-0.05, 0) is 62.7 Å². The zero-order valence-electron chi connectivity index (χ0n) is 13.7. The maximum atomic E-state index is 6.00. The van der Waals surface area contributed by atoms with Gasteiger partial charge in [0.2, 0.25) is 0 Å². The van der Waals surface area contributed by atoms with Crippen LogP contribution in [0, 0.1) is 17.8 Å². The van der Waals surface area contributed by atoms with Crippen LogP contribution in [0.15, 0.2) is 11.6 Å². The van der Waals surface area contributed by atoms with Gasteiger partial charge in [-0.2, -0.15) is 0 Å². The van der Waals surface area contributed by atoms with E-state index in [-0.39, 0.29) is 0 Å². The van der Waals surface area contributed by atoms with E-state index in [2.05, 4.69) is 11.5 Å². The molecular weight excluding hydrogens is 256 g/mol. The Balaban J connectivity index is 1.64. The maximum absolute atomic E-state index is 6.00. The monoisotopic (exact) mass is 290 g/mol. The van der Waals surface area contributed by atoms with Gasteiger partial charge in [0.25, 0.3) is 0 Å². The van der Waals surface area contributed by atoms with E-state index in [1.165, 1.54) is 83.5 Å². The minimum absolute atomic E-state index is 0.464. The maximum Gasteiger partial charge on any atom is 0.0448 e. The molecular formula is C19H34N2. The lowest BCUT2D eigenvalue weighted by atomic mass is 9.65. The second kappa shape index (κ2) is 7.78. The van der Waals surface area contributed by atoms with Crippen LogP contribution in [-0.2, 0) is 0 Å². The van der Waals surface area contributed by atoms with E-state index < -0.39 is 0 Å². The molecule has 0 aromatic rings. The fraction of sp³-hybridized carbons (Fsp3) is 0.895. The van der Waals surface area contributed by atoms with Crippen molar-refractivity contribution in [2.24, 2.45) is 23.6 Å². The lowest BCUT2D eigenvalue weighted by Crippen LogP contribution is -2.45. The molecule has 0 bridgehead atoms. The first-order valence-electron chi connectivity index (χ1n) is 9.53. The van der Waals surface area contributed by atoms with Crippen molar-refractivity contribution in [3.05, 3.63) is 11.6 Å². The number of allylic oxidation sites excluding steroid dienone is 1. The summed E-state index contributed by atoms with van der Waals surface area (Å²) in [5.41, 5.74) is 4.85. The zero-order chi connectivity index (χ0) is 14.5. The van der Waals surface area contributed by atoms with E-state index in [1.54, 1.807) is 5.57 Å². The highest BCUT2D eigenvalue weighted by molar-refractivity contribution is 5.14. The van der Waals surface area contributed by atoms with Crippen molar-refractivity contribution in [2.45, 2.75) is 89.5 Å². The van der Waals surface area contributed by atoms with Gasteiger partial charge in [0.05, 0.1) is 0 Å². The molecule has 3 rings (SSSR count). The molecule has 3 aliphatic carbocycles. The van der Waals surface area contributed by atoms with Crippen molar-refractivity contribution in [3.63, 3.8) is 0 Å². The van der Waals surface area contributed by atoms with Gasteiger partial charge in [-0.15, -0.1) is 0 Å². The molecule has 4 atom stereocenters. The molecule has 0 aliphatic heterocycles. The van der Waals surface area contributed by atoms with Crippen LogP contribution in [0.5, 0.6) is 0 Å². The second-order valence-corrected chi connectivity index (χ2v) is 7.75. The summed E-state index contributed by atoms with van der Waals surface area (Å²) >= 11 is 0. The molecule has 0 heterocycles. The van der Waals surface area contributed by atoms with Crippen LogP contribution in [0.25, 0.3) is 0 Å². The summed E-state index contributed by atoms with van der Waals surface area (Å²) in [7, 11) is 0. The Morgan fingerprint density at radius 3 is 2.57 bits per heavy atom. The molecule has 4 unspecified atom stereocenters. The predicted octanol–water partition coefficient (Wildman–Crippen LogP) is 4.71. The Kier molecular flexibility index (Phi) is 5.76. The van der Waals surface area contributed by atoms with Crippen molar-refractivity contribution in [1.29, 1.82) is 0 Å². The Bertz CT molecular complexity index is 349. The lowest BCUT2D eigenvalue weighted by molar-refractivity contribution is 0.115. The molecule has 0 amide bonds. The van der Waals surface area contributed by atoms with E-state index in [1.807, 2.05) is 0 Å². The van der Waals surface area contributed by atoms with Crippen LogP contribution in [0.2, 0.25) is 0 Å². The third-order valence-corrected chi connectivity index (χ3v) is 6.46. The highest BCUT2D eigenvalue weighted by Crippen LogP contribution is 2.44. The molecule has 3 N–H and O–H groups in total. The van der Waals surface area contributed by atoms with Gasteiger partial charge < -0.3 is 0 Å². The zero-order valence-corrected chi connectivity index (χ0v) is 13.7. The van der Waals surface area contributed by atoms with Crippen molar-refractivity contribution < 1.29 is 0 Å². The third kappa shape index (κ3) is 3.90. The largest absolute Gasteiger partial charge is 0.271 e. The Hall–Kier alpha value is -0.340. The molecule has 21 heavy (non-hydrogen) atoms. The summed E-state index contributed by atoms with van der Waals surface area (Å²) in [5.74, 6) is 8.84. The molecule has 0 saturated heterocycles. The first-order chi connectivity index (χ1) is 10.4. The highest BCUT2D eigenvalue weighted by Gasteiger charge is 2.36. The first-order valence-corrected chi connectivity index (χ1v) is 9.53. The average Bonchev–Trinajstić information content (AvgIpc) is 2.49. The minimum Gasteiger partial charge on any atom is -0.271 e. The van der Waals surface area contributed by atoms with Crippen LogP contribution in [0.4, 0.5) is 0 Å². The molecule has 0 radical (unpaired) electrons. The number of nitrogens with one attached hydrogen (secondary N) is 1. The summed E-state index contributed by atoms with van der Waals surface area (Å²) in [5, 5.41) is 0. The summed E-state index contributed by atoms with van der Waals surface area (Å²) < 4.78 is 0. The van der Waals surface area contributed by atoms with Gasteiger partial charge in [-0.3, -0.25) is 11.3 Å². The number of hydrazine groups is 1.